The molecule has 5 nitrogen and oxygen atoms in total. The Kier molecular flexibility index (Phi) is 3.79. The van der Waals surface area contributed by atoms with Crippen LogP contribution in [0.1, 0.15) is 16.1 Å². The first-order chi connectivity index (χ1) is 11.3. The van der Waals surface area contributed by atoms with Gasteiger partial charge in [-0.15, -0.1) is 11.3 Å². The number of hydrogen-bond acceptors (Lipinski definition) is 5. The summed E-state index contributed by atoms with van der Waals surface area (Å²) in [5.41, 5.74) is 1.01. The highest BCUT2D eigenvalue weighted by Crippen LogP contribution is 2.32. The second-order valence-corrected chi connectivity index (χ2v) is 7.06. The Morgan fingerprint density at radius 1 is 1.35 bits per heavy atom. The minimum atomic E-state index is 0.124. The van der Waals surface area contributed by atoms with E-state index >= 15 is 0 Å². The molecular weight excluding hydrogens is 310 g/mol. The van der Waals surface area contributed by atoms with Gasteiger partial charge in [0, 0.05) is 31.2 Å². The summed E-state index contributed by atoms with van der Waals surface area (Å²) in [6, 6.07) is 8.12. The van der Waals surface area contributed by atoms with Crippen LogP contribution < -0.4 is 10.1 Å². The maximum absolute atomic E-state index is 12.8. The zero-order chi connectivity index (χ0) is 15.8. The van der Waals surface area contributed by atoms with Gasteiger partial charge in [-0.2, -0.15) is 0 Å². The highest BCUT2D eigenvalue weighted by Gasteiger charge is 2.40. The fraction of sp³-hybridized carbons (Fsp3) is 0.412. The standard InChI is InChI=1S/C17H19N3O2S/c1-22-13-4-2-11(3-5-13)16-19-10-15(23-16)17(21)20-7-6-12-8-18-9-14(12)20/h2-5,10,12,14,18H,6-9H2,1H3/t12-,14+/m1/s1. The molecule has 0 unspecified atom stereocenters. The Bertz CT molecular complexity index is 713. The molecule has 2 saturated heterocycles. The zero-order valence-corrected chi connectivity index (χ0v) is 13.8. The van der Waals surface area contributed by atoms with Crippen LogP contribution in [0.5, 0.6) is 5.75 Å². The van der Waals surface area contributed by atoms with Gasteiger partial charge in [0.15, 0.2) is 0 Å². The maximum atomic E-state index is 12.8. The number of fused-ring (bicyclic) bond motifs is 1. The number of aromatic nitrogens is 1. The van der Waals surface area contributed by atoms with Gasteiger partial charge in [0.1, 0.15) is 15.6 Å². The number of amides is 1. The molecule has 3 heterocycles. The highest BCUT2D eigenvalue weighted by atomic mass is 32.1. The van der Waals surface area contributed by atoms with Gasteiger partial charge < -0.3 is 15.0 Å². The minimum Gasteiger partial charge on any atom is -0.497 e. The number of benzene rings is 1. The Balaban J connectivity index is 1.54. The largest absolute Gasteiger partial charge is 0.497 e. The quantitative estimate of drug-likeness (QED) is 0.938. The van der Waals surface area contributed by atoms with Crippen molar-refractivity contribution in [2.45, 2.75) is 12.5 Å². The second kappa shape index (κ2) is 5.94. The summed E-state index contributed by atoms with van der Waals surface area (Å²) >= 11 is 1.47. The average Bonchev–Trinajstić information content (AvgIpc) is 3.30. The molecule has 2 aromatic rings. The Labute approximate surface area is 139 Å². The van der Waals surface area contributed by atoms with Crippen LogP contribution in [0.3, 0.4) is 0 Å². The van der Waals surface area contributed by atoms with Crippen LogP contribution in [0.4, 0.5) is 0 Å². The van der Waals surface area contributed by atoms with Crippen LogP contribution >= 0.6 is 11.3 Å². The van der Waals surface area contributed by atoms with Crippen LogP contribution in [0.15, 0.2) is 30.5 Å². The van der Waals surface area contributed by atoms with Crippen molar-refractivity contribution in [3.8, 4) is 16.3 Å². The number of rotatable bonds is 3. The predicted molar refractivity (Wildman–Crippen MR) is 89.9 cm³/mol. The van der Waals surface area contributed by atoms with E-state index in [-0.39, 0.29) is 5.91 Å². The summed E-state index contributed by atoms with van der Waals surface area (Å²) < 4.78 is 5.17. The molecule has 1 aromatic carbocycles. The third-order valence-electron chi connectivity index (χ3n) is 4.76. The molecule has 0 radical (unpaired) electrons. The second-order valence-electron chi connectivity index (χ2n) is 6.03. The smallest absolute Gasteiger partial charge is 0.265 e. The molecule has 6 heteroatoms. The Morgan fingerprint density at radius 3 is 2.96 bits per heavy atom. The lowest BCUT2D eigenvalue weighted by Gasteiger charge is -2.22. The molecule has 2 fully saturated rings. The van der Waals surface area contributed by atoms with Crippen molar-refractivity contribution in [1.29, 1.82) is 0 Å². The van der Waals surface area contributed by atoms with Gasteiger partial charge in [-0.05, 0) is 36.6 Å². The molecule has 1 amide bonds. The number of thiazole rings is 1. The van der Waals surface area contributed by atoms with Crippen molar-refractivity contribution in [2.24, 2.45) is 5.92 Å². The van der Waals surface area contributed by atoms with Gasteiger partial charge in [0.25, 0.3) is 5.91 Å². The number of carbonyl (C=O) groups is 1. The van der Waals surface area contributed by atoms with E-state index in [2.05, 4.69) is 10.3 Å². The van der Waals surface area contributed by atoms with E-state index < -0.39 is 0 Å². The monoisotopic (exact) mass is 329 g/mol. The number of hydrogen-bond donors (Lipinski definition) is 1. The van der Waals surface area contributed by atoms with E-state index in [1.807, 2.05) is 29.2 Å². The van der Waals surface area contributed by atoms with Crippen LogP contribution in [-0.2, 0) is 0 Å². The number of carbonyl (C=O) groups excluding carboxylic acids is 1. The Morgan fingerprint density at radius 2 is 2.17 bits per heavy atom. The van der Waals surface area contributed by atoms with E-state index in [0.717, 1.165) is 47.3 Å². The molecule has 2 atom stereocenters. The normalized spacial score (nSPS) is 23.1. The molecule has 4 rings (SSSR count). The van der Waals surface area contributed by atoms with Crippen LogP contribution in [0, 0.1) is 5.92 Å². The van der Waals surface area contributed by atoms with Crippen molar-refractivity contribution in [3.05, 3.63) is 35.3 Å². The van der Waals surface area contributed by atoms with Crippen molar-refractivity contribution in [1.82, 2.24) is 15.2 Å². The summed E-state index contributed by atoms with van der Waals surface area (Å²) in [6.45, 7) is 2.82. The SMILES string of the molecule is COc1ccc(-c2ncc(C(=O)N3CC[C@@H]4CNC[C@@H]43)s2)cc1. The van der Waals surface area contributed by atoms with E-state index in [1.54, 1.807) is 13.3 Å². The van der Waals surface area contributed by atoms with E-state index in [9.17, 15) is 4.79 Å². The van der Waals surface area contributed by atoms with Gasteiger partial charge in [-0.3, -0.25) is 4.79 Å². The van der Waals surface area contributed by atoms with Crippen LogP contribution in [0.25, 0.3) is 10.6 Å². The highest BCUT2D eigenvalue weighted by molar-refractivity contribution is 7.16. The Hall–Kier alpha value is -1.92. The molecule has 1 N–H and O–H groups in total. The zero-order valence-electron chi connectivity index (χ0n) is 13.0. The molecule has 0 saturated carbocycles. The van der Waals surface area contributed by atoms with Gasteiger partial charge >= 0.3 is 0 Å². The number of nitrogens with one attached hydrogen (secondary N) is 1. The molecule has 0 bridgehead atoms. The fourth-order valence-electron chi connectivity index (χ4n) is 3.48. The summed E-state index contributed by atoms with van der Waals surface area (Å²) in [5, 5.41) is 4.26. The van der Waals surface area contributed by atoms with Gasteiger partial charge in [-0.1, -0.05) is 0 Å². The fourth-order valence-corrected chi connectivity index (χ4v) is 4.36. The molecule has 120 valence electrons. The van der Waals surface area contributed by atoms with Gasteiger partial charge in [0.05, 0.1) is 13.3 Å². The number of likely N-dealkylation sites (tertiary alicyclic amines) is 1. The lowest BCUT2D eigenvalue weighted by atomic mass is 10.1. The molecule has 23 heavy (non-hydrogen) atoms. The lowest BCUT2D eigenvalue weighted by Crippen LogP contribution is -2.38. The van der Waals surface area contributed by atoms with E-state index in [4.69, 9.17) is 4.74 Å². The predicted octanol–water partition coefficient (Wildman–Crippen LogP) is 2.25. The molecule has 2 aliphatic rings. The number of methoxy groups -OCH3 is 1. The topological polar surface area (TPSA) is 54.5 Å². The molecule has 0 aliphatic carbocycles. The van der Waals surface area contributed by atoms with Crippen molar-refractivity contribution in [3.63, 3.8) is 0 Å². The summed E-state index contributed by atoms with van der Waals surface area (Å²) in [5.74, 6) is 1.56. The summed E-state index contributed by atoms with van der Waals surface area (Å²) in [7, 11) is 1.65. The number of nitrogens with zero attached hydrogens (tertiary/aromatic N) is 2. The van der Waals surface area contributed by atoms with Crippen molar-refractivity contribution < 1.29 is 9.53 Å². The molecule has 0 spiro atoms. The third kappa shape index (κ3) is 2.62. The average molecular weight is 329 g/mol. The van der Waals surface area contributed by atoms with Crippen molar-refractivity contribution in [2.75, 3.05) is 26.7 Å². The van der Waals surface area contributed by atoms with E-state index in [0.29, 0.717) is 12.0 Å². The van der Waals surface area contributed by atoms with Gasteiger partial charge in [0.2, 0.25) is 0 Å². The summed E-state index contributed by atoms with van der Waals surface area (Å²) in [4.78, 5) is 20.0. The maximum Gasteiger partial charge on any atom is 0.265 e. The summed E-state index contributed by atoms with van der Waals surface area (Å²) in [6.07, 6.45) is 2.82. The number of ether oxygens (including phenoxy) is 1. The van der Waals surface area contributed by atoms with Crippen LogP contribution in [0.2, 0.25) is 0 Å². The van der Waals surface area contributed by atoms with Gasteiger partial charge in [-0.25, -0.2) is 4.98 Å². The molecule has 2 aliphatic heterocycles. The van der Waals surface area contributed by atoms with Crippen LogP contribution in [-0.4, -0.2) is 48.6 Å². The van der Waals surface area contributed by atoms with Crippen molar-refractivity contribution >= 4 is 17.2 Å². The van der Waals surface area contributed by atoms with E-state index in [1.165, 1.54) is 11.3 Å². The minimum absolute atomic E-state index is 0.124. The lowest BCUT2D eigenvalue weighted by molar-refractivity contribution is 0.0741. The first-order valence-electron chi connectivity index (χ1n) is 7.88. The molecular formula is C17H19N3O2S. The third-order valence-corrected chi connectivity index (χ3v) is 5.79. The first-order valence-corrected chi connectivity index (χ1v) is 8.70. The molecule has 1 aromatic heterocycles. The first kappa shape index (κ1) is 14.7.